The summed E-state index contributed by atoms with van der Waals surface area (Å²) in [5.41, 5.74) is 0. The van der Waals surface area contributed by atoms with Crippen LogP contribution in [0.15, 0.2) is 10.6 Å². The van der Waals surface area contributed by atoms with E-state index >= 15 is 0 Å². The molecular weight excluding hydrogens is 266 g/mol. The molecule has 0 aromatic carbocycles. The second-order valence-electron chi connectivity index (χ2n) is 6.61. The molecule has 1 aromatic rings. The van der Waals surface area contributed by atoms with Crippen LogP contribution < -0.4 is 0 Å². The Kier molecular flexibility index (Phi) is 4.93. The van der Waals surface area contributed by atoms with Gasteiger partial charge in [0.2, 0.25) is 5.89 Å². The molecule has 0 unspecified atom stereocenters. The molecule has 0 aliphatic carbocycles. The summed E-state index contributed by atoms with van der Waals surface area (Å²) in [6.45, 7) is 12.6. The first-order chi connectivity index (χ1) is 10.2. The van der Waals surface area contributed by atoms with Gasteiger partial charge in [0.05, 0.1) is 26.0 Å². The van der Waals surface area contributed by atoms with Crippen LogP contribution in [-0.4, -0.2) is 60.7 Å². The van der Waals surface area contributed by atoms with Crippen molar-refractivity contribution in [3.8, 4) is 0 Å². The summed E-state index contributed by atoms with van der Waals surface area (Å²) in [6, 6.07) is 0. The summed E-state index contributed by atoms with van der Waals surface area (Å²) >= 11 is 0. The zero-order valence-corrected chi connectivity index (χ0v) is 13.3. The van der Waals surface area contributed by atoms with E-state index in [0.717, 1.165) is 63.5 Å². The van der Waals surface area contributed by atoms with Crippen molar-refractivity contribution >= 4 is 0 Å². The van der Waals surface area contributed by atoms with E-state index in [1.54, 1.807) is 0 Å². The molecule has 2 fully saturated rings. The normalized spacial score (nSPS) is 25.0. The van der Waals surface area contributed by atoms with E-state index in [0.29, 0.717) is 5.92 Å². The summed E-state index contributed by atoms with van der Waals surface area (Å²) in [6.07, 6.45) is 3.16. The Morgan fingerprint density at radius 1 is 1.24 bits per heavy atom. The van der Waals surface area contributed by atoms with E-state index in [1.807, 2.05) is 6.20 Å². The highest BCUT2D eigenvalue weighted by Crippen LogP contribution is 2.21. The number of morpholine rings is 1. The molecule has 0 N–H and O–H groups in total. The van der Waals surface area contributed by atoms with E-state index < -0.39 is 0 Å². The van der Waals surface area contributed by atoms with Crippen molar-refractivity contribution in [2.45, 2.75) is 32.7 Å². The fraction of sp³-hybridized carbons (Fsp3) is 0.812. The standard InChI is InChI=1S/C16H27N3O2/c1-13(2)15-9-17-16(21-15)12-19-4-3-14(11-19)10-18-5-7-20-8-6-18/h9,13-14H,3-8,10-12H2,1-2H3/t14-/m0/s1. The van der Waals surface area contributed by atoms with Crippen LogP contribution in [0.2, 0.25) is 0 Å². The summed E-state index contributed by atoms with van der Waals surface area (Å²) in [5.74, 6) is 3.06. The van der Waals surface area contributed by atoms with Gasteiger partial charge in [0.1, 0.15) is 5.76 Å². The van der Waals surface area contributed by atoms with E-state index in [1.165, 1.54) is 13.0 Å². The van der Waals surface area contributed by atoms with Gasteiger partial charge in [-0.1, -0.05) is 13.8 Å². The third kappa shape index (κ3) is 4.05. The zero-order valence-electron chi connectivity index (χ0n) is 13.3. The number of aromatic nitrogens is 1. The highest BCUT2D eigenvalue weighted by Gasteiger charge is 2.26. The maximum atomic E-state index is 5.81. The molecule has 3 heterocycles. The third-order valence-electron chi connectivity index (χ3n) is 4.49. The van der Waals surface area contributed by atoms with Crippen LogP contribution in [-0.2, 0) is 11.3 Å². The summed E-state index contributed by atoms with van der Waals surface area (Å²) in [5, 5.41) is 0. The lowest BCUT2D eigenvalue weighted by molar-refractivity contribution is 0.0311. The minimum Gasteiger partial charge on any atom is -0.444 e. The molecule has 0 radical (unpaired) electrons. The average molecular weight is 293 g/mol. The van der Waals surface area contributed by atoms with Crippen molar-refractivity contribution < 1.29 is 9.15 Å². The third-order valence-corrected chi connectivity index (χ3v) is 4.49. The quantitative estimate of drug-likeness (QED) is 0.830. The van der Waals surface area contributed by atoms with Gasteiger partial charge in [-0.25, -0.2) is 4.98 Å². The average Bonchev–Trinajstić information content (AvgIpc) is 3.10. The van der Waals surface area contributed by atoms with Gasteiger partial charge in [-0.3, -0.25) is 9.80 Å². The van der Waals surface area contributed by atoms with Gasteiger partial charge in [-0.05, 0) is 18.9 Å². The molecule has 118 valence electrons. The molecule has 0 bridgehead atoms. The van der Waals surface area contributed by atoms with Crippen molar-refractivity contribution in [1.29, 1.82) is 0 Å². The summed E-state index contributed by atoms with van der Waals surface area (Å²) in [7, 11) is 0. The van der Waals surface area contributed by atoms with Crippen LogP contribution in [0.25, 0.3) is 0 Å². The first-order valence-electron chi connectivity index (χ1n) is 8.18. The molecule has 5 heteroatoms. The zero-order chi connectivity index (χ0) is 14.7. The number of hydrogen-bond acceptors (Lipinski definition) is 5. The molecule has 1 atom stereocenters. The highest BCUT2D eigenvalue weighted by atomic mass is 16.5. The molecule has 2 saturated heterocycles. The number of rotatable bonds is 5. The predicted octanol–water partition coefficient (Wildman–Crippen LogP) is 1.95. The highest BCUT2D eigenvalue weighted by molar-refractivity contribution is 4.99. The van der Waals surface area contributed by atoms with Crippen molar-refractivity contribution in [2.24, 2.45) is 5.92 Å². The van der Waals surface area contributed by atoms with Crippen LogP contribution in [0.4, 0.5) is 0 Å². The van der Waals surface area contributed by atoms with Crippen molar-refractivity contribution in [3.05, 3.63) is 17.8 Å². The van der Waals surface area contributed by atoms with Crippen molar-refractivity contribution in [1.82, 2.24) is 14.8 Å². The number of hydrogen-bond donors (Lipinski definition) is 0. The lowest BCUT2D eigenvalue weighted by Crippen LogP contribution is -2.39. The SMILES string of the molecule is CC(C)c1cnc(CN2CC[C@@H](CN3CCOCC3)C2)o1. The minimum atomic E-state index is 0.416. The predicted molar refractivity (Wildman–Crippen MR) is 81.2 cm³/mol. The van der Waals surface area contributed by atoms with Gasteiger partial charge in [-0.2, -0.15) is 0 Å². The van der Waals surface area contributed by atoms with E-state index in [9.17, 15) is 0 Å². The topological polar surface area (TPSA) is 41.7 Å². The van der Waals surface area contributed by atoms with Crippen LogP contribution in [0, 0.1) is 5.92 Å². The van der Waals surface area contributed by atoms with Gasteiger partial charge in [0.15, 0.2) is 0 Å². The van der Waals surface area contributed by atoms with Crippen LogP contribution in [0.5, 0.6) is 0 Å². The van der Waals surface area contributed by atoms with Gasteiger partial charge >= 0.3 is 0 Å². The molecule has 5 nitrogen and oxygen atoms in total. The Labute approximate surface area is 127 Å². The monoisotopic (exact) mass is 293 g/mol. The van der Waals surface area contributed by atoms with Gasteiger partial charge < -0.3 is 9.15 Å². The Morgan fingerprint density at radius 2 is 2.05 bits per heavy atom. The molecule has 0 amide bonds. The Balaban J connectivity index is 1.45. The second kappa shape index (κ2) is 6.90. The van der Waals surface area contributed by atoms with Crippen LogP contribution in [0.1, 0.15) is 37.8 Å². The largest absolute Gasteiger partial charge is 0.444 e. The summed E-state index contributed by atoms with van der Waals surface area (Å²) < 4.78 is 11.2. The van der Waals surface area contributed by atoms with E-state index in [-0.39, 0.29) is 0 Å². The molecule has 3 rings (SSSR count). The smallest absolute Gasteiger partial charge is 0.208 e. The molecule has 0 spiro atoms. The maximum absolute atomic E-state index is 5.81. The minimum absolute atomic E-state index is 0.416. The van der Waals surface area contributed by atoms with Gasteiger partial charge in [0, 0.05) is 32.1 Å². The van der Waals surface area contributed by atoms with Gasteiger partial charge in [0.25, 0.3) is 0 Å². The molecule has 2 aliphatic heterocycles. The Hall–Kier alpha value is -0.910. The van der Waals surface area contributed by atoms with Crippen molar-refractivity contribution in [2.75, 3.05) is 45.9 Å². The van der Waals surface area contributed by atoms with Crippen LogP contribution >= 0.6 is 0 Å². The van der Waals surface area contributed by atoms with Gasteiger partial charge in [-0.15, -0.1) is 0 Å². The van der Waals surface area contributed by atoms with E-state index in [2.05, 4.69) is 28.6 Å². The first kappa shape index (κ1) is 15.0. The molecule has 21 heavy (non-hydrogen) atoms. The van der Waals surface area contributed by atoms with Crippen LogP contribution in [0.3, 0.4) is 0 Å². The number of oxazole rings is 1. The lowest BCUT2D eigenvalue weighted by atomic mass is 10.1. The fourth-order valence-electron chi connectivity index (χ4n) is 3.21. The Bertz CT molecular complexity index is 440. The molecule has 2 aliphatic rings. The first-order valence-corrected chi connectivity index (χ1v) is 8.18. The molecule has 0 saturated carbocycles. The lowest BCUT2D eigenvalue weighted by Gasteiger charge is -2.29. The number of likely N-dealkylation sites (tertiary alicyclic amines) is 1. The number of ether oxygens (including phenoxy) is 1. The molecular formula is C16H27N3O2. The fourth-order valence-corrected chi connectivity index (χ4v) is 3.21. The van der Waals surface area contributed by atoms with E-state index in [4.69, 9.17) is 9.15 Å². The summed E-state index contributed by atoms with van der Waals surface area (Å²) in [4.78, 5) is 9.42. The van der Waals surface area contributed by atoms with Crippen molar-refractivity contribution in [3.63, 3.8) is 0 Å². The maximum Gasteiger partial charge on any atom is 0.208 e. The Morgan fingerprint density at radius 3 is 2.76 bits per heavy atom. The second-order valence-corrected chi connectivity index (χ2v) is 6.61. The number of nitrogens with zero attached hydrogens (tertiary/aromatic N) is 3. The molecule has 1 aromatic heterocycles.